The van der Waals surface area contributed by atoms with Crippen molar-refractivity contribution in [2.24, 2.45) is 5.41 Å². The van der Waals surface area contributed by atoms with Gasteiger partial charge in [0.25, 0.3) is 0 Å². The fourth-order valence-corrected chi connectivity index (χ4v) is 4.45. The Kier molecular flexibility index (Phi) is 2.33. The minimum absolute atomic E-state index is 0.0895. The van der Waals surface area contributed by atoms with Crippen molar-refractivity contribution >= 4 is 19.7 Å². The van der Waals surface area contributed by atoms with Crippen LogP contribution in [-0.4, -0.2) is 26.9 Å². The van der Waals surface area contributed by atoms with Crippen LogP contribution >= 0.6 is 10.7 Å². The summed E-state index contributed by atoms with van der Waals surface area (Å²) >= 11 is 0. The first-order valence-corrected chi connectivity index (χ1v) is 7.04. The molecular weight excluding hydrogens is 212 g/mol. The van der Waals surface area contributed by atoms with Crippen LogP contribution in [0.2, 0.25) is 0 Å². The Morgan fingerprint density at radius 3 is 2.92 bits per heavy atom. The Morgan fingerprint density at radius 1 is 1.46 bits per heavy atom. The maximum Gasteiger partial charge on any atom is 0.233 e. The van der Waals surface area contributed by atoms with Gasteiger partial charge in [0.1, 0.15) is 0 Å². The van der Waals surface area contributed by atoms with Gasteiger partial charge in [-0.15, -0.1) is 0 Å². The van der Waals surface area contributed by atoms with Gasteiger partial charge in [-0.2, -0.15) is 0 Å². The number of hydrogen-bond acceptors (Lipinski definition) is 3. The zero-order chi connectivity index (χ0) is 9.53. The first-order valence-electron chi connectivity index (χ1n) is 4.56. The minimum atomic E-state index is -3.38. The second-order valence-electron chi connectivity index (χ2n) is 4.05. The van der Waals surface area contributed by atoms with Gasteiger partial charge < -0.3 is 4.74 Å². The van der Waals surface area contributed by atoms with E-state index in [1.165, 1.54) is 0 Å². The average Bonchev–Trinajstić information content (AvgIpc) is 2.40. The first-order chi connectivity index (χ1) is 6.02. The molecule has 2 atom stereocenters. The minimum Gasteiger partial charge on any atom is -0.378 e. The molecule has 2 unspecified atom stereocenters. The summed E-state index contributed by atoms with van der Waals surface area (Å²) < 4.78 is 27.6. The number of hydrogen-bond donors (Lipinski definition) is 0. The maximum absolute atomic E-state index is 11.0. The lowest BCUT2D eigenvalue weighted by molar-refractivity contribution is 0.0783. The summed E-state index contributed by atoms with van der Waals surface area (Å²) in [7, 11) is 1.91. The van der Waals surface area contributed by atoms with Crippen LogP contribution in [0.15, 0.2) is 0 Å². The second kappa shape index (κ2) is 3.11. The molecule has 1 aliphatic carbocycles. The van der Waals surface area contributed by atoms with Crippen LogP contribution < -0.4 is 0 Å². The van der Waals surface area contributed by atoms with Crippen LogP contribution in [-0.2, 0) is 13.8 Å². The van der Waals surface area contributed by atoms with E-state index in [-0.39, 0.29) is 17.3 Å². The molecule has 1 aliphatic heterocycles. The van der Waals surface area contributed by atoms with Gasteiger partial charge in [-0.1, -0.05) is 6.42 Å². The molecular formula is C8H13ClO3S. The summed E-state index contributed by atoms with van der Waals surface area (Å²) in [4.78, 5) is 0. The third-order valence-corrected chi connectivity index (χ3v) is 4.45. The van der Waals surface area contributed by atoms with Crippen LogP contribution in [0.5, 0.6) is 0 Å². The van der Waals surface area contributed by atoms with E-state index in [2.05, 4.69) is 0 Å². The van der Waals surface area contributed by atoms with Gasteiger partial charge in [0.2, 0.25) is 9.05 Å². The van der Waals surface area contributed by atoms with Gasteiger partial charge in [0, 0.05) is 22.7 Å². The van der Waals surface area contributed by atoms with Gasteiger partial charge in [0.05, 0.1) is 11.9 Å². The van der Waals surface area contributed by atoms with Gasteiger partial charge >= 0.3 is 0 Å². The average molecular weight is 225 g/mol. The van der Waals surface area contributed by atoms with Crippen LogP contribution in [0.4, 0.5) is 0 Å². The van der Waals surface area contributed by atoms with E-state index in [4.69, 9.17) is 15.4 Å². The molecule has 2 rings (SSSR count). The summed E-state index contributed by atoms with van der Waals surface area (Å²) in [6.45, 7) is 0.692. The van der Waals surface area contributed by atoms with Crippen LogP contribution in [0.1, 0.15) is 25.7 Å². The molecule has 0 aromatic rings. The fourth-order valence-electron chi connectivity index (χ4n) is 2.64. The molecule has 5 heteroatoms. The highest BCUT2D eigenvalue weighted by atomic mass is 35.7. The molecule has 0 aromatic carbocycles. The summed E-state index contributed by atoms with van der Waals surface area (Å²) in [6, 6.07) is 0. The molecule has 3 nitrogen and oxygen atoms in total. The van der Waals surface area contributed by atoms with Crippen molar-refractivity contribution < 1.29 is 13.2 Å². The molecule has 0 aromatic heterocycles. The van der Waals surface area contributed by atoms with Gasteiger partial charge in [-0.25, -0.2) is 8.42 Å². The van der Waals surface area contributed by atoms with Crippen molar-refractivity contribution in [1.29, 1.82) is 0 Å². The van der Waals surface area contributed by atoms with Gasteiger partial charge in [-0.05, 0) is 19.3 Å². The predicted octanol–water partition coefficient (Wildman–Crippen LogP) is 1.51. The molecule has 0 amide bonds. The topological polar surface area (TPSA) is 43.4 Å². The van der Waals surface area contributed by atoms with E-state index in [1.54, 1.807) is 0 Å². The number of ether oxygens (including phenoxy) is 1. The Bertz CT molecular complexity index is 289. The van der Waals surface area contributed by atoms with Gasteiger partial charge in [0.15, 0.2) is 0 Å². The van der Waals surface area contributed by atoms with E-state index in [0.717, 1.165) is 25.7 Å². The molecule has 2 aliphatic rings. The van der Waals surface area contributed by atoms with E-state index < -0.39 is 9.05 Å². The van der Waals surface area contributed by atoms with E-state index in [0.29, 0.717) is 6.61 Å². The lowest BCUT2D eigenvalue weighted by atomic mass is 9.85. The Balaban J connectivity index is 2.19. The Morgan fingerprint density at radius 2 is 2.23 bits per heavy atom. The quantitative estimate of drug-likeness (QED) is 0.668. The van der Waals surface area contributed by atoms with E-state index >= 15 is 0 Å². The summed E-state index contributed by atoms with van der Waals surface area (Å²) in [5.41, 5.74) is -0.152. The van der Waals surface area contributed by atoms with E-state index in [9.17, 15) is 8.42 Å². The molecule has 76 valence electrons. The van der Waals surface area contributed by atoms with Crippen molar-refractivity contribution in [3.63, 3.8) is 0 Å². The number of halogens is 1. The zero-order valence-corrected chi connectivity index (χ0v) is 8.90. The zero-order valence-electron chi connectivity index (χ0n) is 7.33. The lowest BCUT2D eigenvalue weighted by Crippen LogP contribution is -2.31. The third-order valence-electron chi connectivity index (χ3n) is 3.20. The van der Waals surface area contributed by atoms with Crippen LogP contribution in [0, 0.1) is 5.41 Å². The Hall–Kier alpha value is 0.200. The fraction of sp³-hybridized carbons (Fsp3) is 1.00. The molecule has 0 bridgehead atoms. The smallest absolute Gasteiger partial charge is 0.233 e. The van der Waals surface area contributed by atoms with Crippen molar-refractivity contribution in [1.82, 2.24) is 0 Å². The largest absolute Gasteiger partial charge is 0.378 e. The SMILES string of the molecule is O=S(=O)(Cl)CC12CCCC1OCC2. The molecule has 0 N–H and O–H groups in total. The highest BCUT2D eigenvalue weighted by molar-refractivity contribution is 8.13. The monoisotopic (exact) mass is 224 g/mol. The molecule has 0 spiro atoms. The van der Waals surface area contributed by atoms with Crippen molar-refractivity contribution in [3.05, 3.63) is 0 Å². The van der Waals surface area contributed by atoms with Gasteiger partial charge in [-0.3, -0.25) is 0 Å². The Labute approximate surface area is 82.8 Å². The first kappa shape index (κ1) is 9.74. The van der Waals surface area contributed by atoms with Crippen molar-refractivity contribution in [3.8, 4) is 0 Å². The highest BCUT2D eigenvalue weighted by Gasteiger charge is 2.49. The van der Waals surface area contributed by atoms with E-state index in [1.807, 2.05) is 0 Å². The standard InChI is InChI=1S/C8H13ClO3S/c9-13(10,11)6-8-3-1-2-7(8)12-5-4-8/h7H,1-6H2. The lowest BCUT2D eigenvalue weighted by Gasteiger charge is -2.25. The number of fused-ring (bicyclic) bond motifs is 1. The summed E-state index contributed by atoms with van der Waals surface area (Å²) in [5.74, 6) is 0.0895. The third kappa shape index (κ3) is 1.85. The van der Waals surface area contributed by atoms with Crippen LogP contribution in [0.3, 0.4) is 0 Å². The molecule has 0 radical (unpaired) electrons. The molecule has 2 fully saturated rings. The van der Waals surface area contributed by atoms with Crippen molar-refractivity contribution in [2.45, 2.75) is 31.8 Å². The maximum atomic E-state index is 11.0. The highest BCUT2D eigenvalue weighted by Crippen LogP contribution is 2.48. The number of rotatable bonds is 2. The molecule has 1 saturated heterocycles. The predicted molar refractivity (Wildman–Crippen MR) is 50.3 cm³/mol. The van der Waals surface area contributed by atoms with Crippen molar-refractivity contribution in [2.75, 3.05) is 12.4 Å². The molecule has 1 heterocycles. The summed E-state index contributed by atoms with van der Waals surface area (Å²) in [6.07, 6.45) is 4.00. The second-order valence-corrected chi connectivity index (χ2v) is 6.82. The van der Waals surface area contributed by atoms with Crippen LogP contribution in [0.25, 0.3) is 0 Å². The summed E-state index contributed by atoms with van der Waals surface area (Å²) in [5, 5.41) is 0. The normalized spacial score (nSPS) is 39.3. The molecule has 13 heavy (non-hydrogen) atoms. The molecule has 1 saturated carbocycles.